The van der Waals surface area contributed by atoms with Crippen LogP contribution >= 0.6 is 24.0 Å². The highest BCUT2D eigenvalue weighted by Crippen LogP contribution is 2.16. The second-order valence-electron chi connectivity index (χ2n) is 6.91. The van der Waals surface area contributed by atoms with E-state index in [0.29, 0.717) is 13.1 Å². The summed E-state index contributed by atoms with van der Waals surface area (Å²) in [6.07, 6.45) is 0. The third kappa shape index (κ3) is 6.12. The van der Waals surface area contributed by atoms with E-state index in [0.717, 1.165) is 29.9 Å². The zero-order chi connectivity index (χ0) is 19.2. The van der Waals surface area contributed by atoms with Crippen LogP contribution in [0, 0.1) is 13.8 Å². The van der Waals surface area contributed by atoms with Crippen LogP contribution in [0.2, 0.25) is 0 Å². The fraction of sp³-hybridized carbons (Fsp3) is 0.333. The standard InChI is InChI=1S/C21H27N5O.HI/c1-16-12-17(2)14-18(13-16)24-21(22)23-15-20(27)26-10-8-25(9-11-26)19-6-4-3-5-7-19;/h3-7,12-14H,8-11,15H2,1-2H3,(H3,22,23,24);1H. The number of amides is 1. The lowest BCUT2D eigenvalue weighted by Crippen LogP contribution is -2.49. The summed E-state index contributed by atoms with van der Waals surface area (Å²) in [6.45, 7) is 7.19. The van der Waals surface area contributed by atoms with Crippen LogP contribution in [0.25, 0.3) is 0 Å². The normalized spacial score (nSPS) is 14.4. The first-order valence-electron chi connectivity index (χ1n) is 9.24. The quantitative estimate of drug-likeness (QED) is 0.390. The van der Waals surface area contributed by atoms with Gasteiger partial charge in [0.05, 0.1) is 0 Å². The zero-order valence-corrected chi connectivity index (χ0v) is 18.7. The number of aliphatic imine (C=N–C) groups is 1. The van der Waals surface area contributed by atoms with E-state index in [1.807, 2.05) is 49.1 Å². The summed E-state index contributed by atoms with van der Waals surface area (Å²) in [5.74, 6) is 0.268. The van der Waals surface area contributed by atoms with Crippen molar-refractivity contribution in [2.24, 2.45) is 10.7 Å². The second-order valence-corrected chi connectivity index (χ2v) is 6.91. The monoisotopic (exact) mass is 493 g/mol. The Morgan fingerprint density at radius 2 is 1.64 bits per heavy atom. The molecule has 1 amide bonds. The molecule has 0 radical (unpaired) electrons. The Balaban J connectivity index is 0.00000280. The SMILES string of the molecule is Cc1cc(C)cc(NC(N)=NCC(=O)N2CCN(c3ccccc3)CC2)c1.I. The Kier molecular flexibility index (Phi) is 8.10. The van der Waals surface area contributed by atoms with E-state index in [4.69, 9.17) is 5.73 Å². The number of nitrogens with one attached hydrogen (secondary N) is 1. The highest BCUT2D eigenvalue weighted by molar-refractivity contribution is 14.0. The number of hydrogen-bond donors (Lipinski definition) is 2. The molecule has 3 rings (SSSR count). The molecule has 28 heavy (non-hydrogen) atoms. The summed E-state index contributed by atoms with van der Waals surface area (Å²) >= 11 is 0. The number of nitrogens with zero attached hydrogens (tertiary/aromatic N) is 3. The van der Waals surface area contributed by atoms with Crippen molar-refractivity contribution in [3.63, 3.8) is 0 Å². The van der Waals surface area contributed by atoms with Crippen LogP contribution in [0.5, 0.6) is 0 Å². The van der Waals surface area contributed by atoms with Crippen LogP contribution < -0.4 is 16.0 Å². The first-order chi connectivity index (χ1) is 13.0. The Labute approximate surface area is 183 Å². The number of benzene rings is 2. The minimum atomic E-state index is 0. The minimum absolute atomic E-state index is 0. The van der Waals surface area contributed by atoms with Gasteiger partial charge in [-0.15, -0.1) is 24.0 Å². The topological polar surface area (TPSA) is 74.0 Å². The number of carbonyl (C=O) groups is 1. The van der Waals surface area contributed by atoms with E-state index in [-0.39, 0.29) is 42.4 Å². The maximum Gasteiger partial charge on any atom is 0.244 e. The Bertz CT molecular complexity index is 797. The molecule has 1 saturated heterocycles. The van der Waals surface area contributed by atoms with Gasteiger partial charge in [0.2, 0.25) is 5.91 Å². The van der Waals surface area contributed by atoms with Crippen LogP contribution in [-0.4, -0.2) is 49.5 Å². The molecule has 0 atom stereocenters. The highest BCUT2D eigenvalue weighted by Gasteiger charge is 2.20. The maximum atomic E-state index is 12.4. The molecule has 0 unspecified atom stereocenters. The molecule has 7 heteroatoms. The number of halogens is 1. The van der Waals surface area contributed by atoms with Crippen molar-refractivity contribution < 1.29 is 4.79 Å². The van der Waals surface area contributed by atoms with Crippen LogP contribution in [0.15, 0.2) is 53.5 Å². The molecule has 1 aliphatic rings. The summed E-state index contributed by atoms with van der Waals surface area (Å²) in [4.78, 5) is 20.8. The third-order valence-electron chi connectivity index (χ3n) is 4.63. The van der Waals surface area contributed by atoms with Gasteiger partial charge in [-0.05, 0) is 49.2 Å². The van der Waals surface area contributed by atoms with E-state index >= 15 is 0 Å². The molecule has 0 aromatic heterocycles. The average Bonchev–Trinajstić information content (AvgIpc) is 2.66. The minimum Gasteiger partial charge on any atom is -0.370 e. The van der Waals surface area contributed by atoms with Crippen LogP contribution in [0.3, 0.4) is 0 Å². The summed E-state index contributed by atoms with van der Waals surface area (Å²) in [6, 6.07) is 16.4. The number of anilines is 2. The number of rotatable bonds is 4. The van der Waals surface area contributed by atoms with Crippen molar-refractivity contribution in [1.29, 1.82) is 0 Å². The number of para-hydroxylation sites is 1. The molecule has 0 aliphatic carbocycles. The number of hydrogen-bond acceptors (Lipinski definition) is 3. The highest BCUT2D eigenvalue weighted by atomic mass is 127. The molecular formula is C21H28IN5O. The Hall–Kier alpha value is -2.29. The molecule has 6 nitrogen and oxygen atoms in total. The van der Waals surface area contributed by atoms with Gasteiger partial charge in [0.25, 0.3) is 0 Å². The van der Waals surface area contributed by atoms with Gasteiger partial charge in [-0.25, -0.2) is 4.99 Å². The molecule has 1 fully saturated rings. The smallest absolute Gasteiger partial charge is 0.244 e. The number of piperazine rings is 1. The maximum absolute atomic E-state index is 12.4. The van der Waals surface area contributed by atoms with Crippen molar-refractivity contribution in [3.8, 4) is 0 Å². The van der Waals surface area contributed by atoms with Gasteiger partial charge >= 0.3 is 0 Å². The molecule has 0 spiro atoms. The largest absolute Gasteiger partial charge is 0.370 e. The van der Waals surface area contributed by atoms with E-state index < -0.39 is 0 Å². The lowest BCUT2D eigenvalue weighted by Gasteiger charge is -2.35. The van der Waals surface area contributed by atoms with Gasteiger partial charge in [-0.3, -0.25) is 4.79 Å². The van der Waals surface area contributed by atoms with Crippen molar-refractivity contribution in [2.75, 3.05) is 42.9 Å². The molecule has 150 valence electrons. The summed E-state index contributed by atoms with van der Waals surface area (Å²) in [5.41, 5.74) is 10.3. The van der Waals surface area contributed by atoms with E-state index in [9.17, 15) is 4.79 Å². The summed E-state index contributed by atoms with van der Waals surface area (Å²) < 4.78 is 0. The van der Waals surface area contributed by atoms with Crippen LogP contribution in [0.4, 0.5) is 11.4 Å². The third-order valence-corrected chi connectivity index (χ3v) is 4.63. The first-order valence-corrected chi connectivity index (χ1v) is 9.24. The molecule has 1 aliphatic heterocycles. The van der Waals surface area contributed by atoms with Gasteiger partial charge in [0.1, 0.15) is 6.54 Å². The zero-order valence-electron chi connectivity index (χ0n) is 16.4. The molecule has 3 N–H and O–H groups in total. The van der Waals surface area contributed by atoms with Crippen LogP contribution in [-0.2, 0) is 4.79 Å². The molecule has 0 bridgehead atoms. The van der Waals surface area contributed by atoms with Gasteiger partial charge in [-0.1, -0.05) is 24.3 Å². The van der Waals surface area contributed by atoms with E-state index in [1.54, 1.807) is 0 Å². The predicted octanol–water partition coefficient (Wildman–Crippen LogP) is 3.00. The van der Waals surface area contributed by atoms with E-state index in [2.05, 4.69) is 33.4 Å². The van der Waals surface area contributed by atoms with Gasteiger partial charge in [0, 0.05) is 37.6 Å². The fourth-order valence-corrected chi connectivity index (χ4v) is 3.34. The van der Waals surface area contributed by atoms with Gasteiger partial charge < -0.3 is 20.9 Å². The second kappa shape index (κ2) is 10.3. The number of guanidine groups is 1. The molecule has 0 saturated carbocycles. The molecule has 2 aromatic carbocycles. The first kappa shape index (κ1) is 22.0. The number of aryl methyl sites for hydroxylation is 2. The van der Waals surface area contributed by atoms with Crippen LogP contribution in [0.1, 0.15) is 11.1 Å². The average molecular weight is 493 g/mol. The fourth-order valence-electron chi connectivity index (χ4n) is 3.34. The lowest BCUT2D eigenvalue weighted by molar-refractivity contribution is -0.129. The lowest BCUT2D eigenvalue weighted by atomic mass is 10.1. The van der Waals surface area contributed by atoms with Crippen molar-refractivity contribution in [2.45, 2.75) is 13.8 Å². The number of nitrogens with two attached hydrogens (primary N) is 1. The summed E-state index contributed by atoms with van der Waals surface area (Å²) in [5, 5.41) is 3.06. The molecular weight excluding hydrogens is 465 g/mol. The van der Waals surface area contributed by atoms with E-state index in [1.165, 1.54) is 5.69 Å². The van der Waals surface area contributed by atoms with Crippen molar-refractivity contribution in [1.82, 2.24) is 4.90 Å². The van der Waals surface area contributed by atoms with Gasteiger partial charge in [0.15, 0.2) is 5.96 Å². The summed E-state index contributed by atoms with van der Waals surface area (Å²) in [7, 11) is 0. The Morgan fingerprint density at radius 3 is 2.25 bits per heavy atom. The van der Waals surface area contributed by atoms with Crippen molar-refractivity contribution in [3.05, 3.63) is 59.7 Å². The Morgan fingerprint density at radius 1 is 1.04 bits per heavy atom. The van der Waals surface area contributed by atoms with Gasteiger partial charge in [-0.2, -0.15) is 0 Å². The molecule has 2 aromatic rings. The van der Waals surface area contributed by atoms with Crippen molar-refractivity contribution >= 4 is 47.2 Å². The molecule has 1 heterocycles. The number of carbonyl (C=O) groups excluding carboxylic acids is 1. The predicted molar refractivity (Wildman–Crippen MR) is 127 cm³/mol.